The third kappa shape index (κ3) is 7.87. The Bertz CT molecular complexity index is 818. The summed E-state index contributed by atoms with van der Waals surface area (Å²) in [5.41, 5.74) is 0.313. The number of hydrogen-bond donors (Lipinski definition) is 0. The van der Waals surface area contributed by atoms with Crippen molar-refractivity contribution in [2.24, 2.45) is 11.8 Å². The molecule has 4 nitrogen and oxygen atoms in total. The van der Waals surface area contributed by atoms with Gasteiger partial charge in [0.2, 0.25) is 0 Å². The minimum atomic E-state index is -0.136. The van der Waals surface area contributed by atoms with Gasteiger partial charge < -0.3 is 15.6 Å². The van der Waals surface area contributed by atoms with Gasteiger partial charge in [0, 0.05) is 11.4 Å². The predicted octanol–water partition coefficient (Wildman–Crippen LogP) is 2.68. The fourth-order valence-electron chi connectivity index (χ4n) is 2.41. The third-order valence-corrected chi connectivity index (χ3v) is 5.25. The first kappa shape index (κ1) is 25.9. The van der Waals surface area contributed by atoms with E-state index in [0.29, 0.717) is 47.1 Å². The van der Waals surface area contributed by atoms with Gasteiger partial charge in [-0.1, -0.05) is 45.4 Å². The summed E-state index contributed by atoms with van der Waals surface area (Å²) in [6.45, 7) is 9.56. The van der Waals surface area contributed by atoms with Crippen LogP contribution in [0.15, 0.2) is 36.4 Å². The van der Waals surface area contributed by atoms with Crippen LogP contribution in [0.3, 0.4) is 0 Å². The fourth-order valence-corrected chi connectivity index (χ4v) is 3.81. The van der Waals surface area contributed by atoms with E-state index in [2.05, 4.69) is 27.7 Å². The molecule has 0 aliphatic rings. The van der Waals surface area contributed by atoms with Crippen molar-refractivity contribution < 1.29 is 39.3 Å². The van der Waals surface area contributed by atoms with Gasteiger partial charge in [-0.3, -0.25) is 4.79 Å². The number of halogens is 1. The van der Waals surface area contributed by atoms with E-state index in [1.165, 1.54) is 7.11 Å². The van der Waals surface area contributed by atoms with Crippen LogP contribution >= 0.6 is 20.2 Å². The number of carbonyl (C=O) groups is 1. The van der Waals surface area contributed by atoms with Crippen molar-refractivity contribution in [1.82, 2.24) is 0 Å². The molecule has 0 amide bonds. The number of methoxy groups -OCH3 is 1. The Kier molecular flexibility index (Phi) is 11.2. The number of carbonyl (C=O) groups excluding carboxylic acids is 1. The topological polar surface area (TPSA) is 44.8 Å². The zero-order valence-corrected chi connectivity index (χ0v) is 19.8. The van der Waals surface area contributed by atoms with E-state index < -0.39 is 0 Å². The van der Waals surface area contributed by atoms with Gasteiger partial charge in [-0.05, 0) is 44.7 Å². The van der Waals surface area contributed by atoms with Gasteiger partial charge in [0.15, 0.2) is 5.52 Å². The molecule has 0 aliphatic heterocycles. The summed E-state index contributed by atoms with van der Waals surface area (Å²) in [5, 5.41) is 1.21. The van der Waals surface area contributed by atoms with Crippen molar-refractivity contribution in [3.8, 4) is 17.2 Å². The van der Waals surface area contributed by atoms with Gasteiger partial charge in [0.1, 0.15) is 17.2 Å². The van der Waals surface area contributed by atoms with Crippen LogP contribution in [0.4, 0.5) is 0 Å². The Morgan fingerprint density at radius 3 is 2.31 bits per heavy atom. The maximum atomic E-state index is 13.0. The average Bonchev–Trinajstić information content (AvgIpc) is 2.65. The molecular weight excluding hydrogens is 402 g/mol. The first-order chi connectivity index (χ1) is 13.3. The first-order valence-electron chi connectivity index (χ1n) is 9.35. The SMILES string of the molecule is COc1cccc(Cl)c1C(=O)Pc1ccc(OCC(C)C)cc1OCC(C)C.[H-].[Li+]. The van der Waals surface area contributed by atoms with E-state index in [-0.39, 0.29) is 34.4 Å². The third-order valence-electron chi connectivity index (χ3n) is 3.78. The van der Waals surface area contributed by atoms with Crippen molar-refractivity contribution >= 4 is 31.0 Å². The van der Waals surface area contributed by atoms with Crippen molar-refractivity contribution in [2.45, 2.75) is 27.7 Å². The molecule has 0 fully saturated rings. The van der Waals surface area contributed by atoms with Crippen LogP contribution in [-0.2, 0) is 0 Å². The molecule has 0 spiro atoms. The average molecular weight is 431 g/mol. The van der Waals surface area contributed by atoms with Crippen LogP contribution in [0.2, 0.25) is 5.02 Å². The summed E-state index contributed by atoms with van der Waals surface area (Å²) in [5.74, 6) is 2.69. The van der Waals surface area contributed by atoms with Gasteiger partial charge in [-0.15, -0.1) is 0 Å². The van der Waals surface area contributed by atoms with Crippen molar-refractivity contribution in [3.63, 3.8) is 0 Å². The number of benzene rings is 2. The van der Waals surface area contributed by atoms with E-state index in [1.54, 1.807) is 18.2 Å². The molecule has 0 N–H and O–H groups in total. The van der Waals surface area contributed by atoms with Crippen molar-refractivity contribution in [2.75, 3.05) is 20.3 Å². The molecule has 154 valence electrons. The van der Waals surface area contributed by atoms with Gasteiger partial charge in [0.05, 0.1) is 30.9 Å². The van der Waals surface area contributed by atoms with Crippen LogP contribution in [0.1, 0.15) is 39.5 Å². The molecule has 0 radical (unpaired) electrons. The van der Waals surface area contributed by atoms with Crippen molar-refractivity contribution in [3.05, 3.63) is 47.0 Å². The van der Waals surface area contributed by atoms with Crippen molar-refractivity contribution in [1.29, 1.82) is 0 Å². The molecule has 2 aromatic carbocycles. The smallest absolute Gasteiger partial charge is 1.00 e. The van der Waals surface area contributed by atoms with Crippen LogP contribution < -0.4 is 38.4 Å². The molecule has 0 bridgehead atoms. The van der Waals surface area contributed by atoms with E-state index >= 15 is 0 Å². The molecule has 0 heterocycles. The van der Waals surface area contributed by atoms with Gasteiger partial charge in [0.25, 0.3) is 0 Å². The van der Waals surface area contributed by atoms with Gasteiger partial charge >= 0.3 is 18.9 Å². The molecule has 2 aromatic rings. The Balaban J connectivity index is 0.00000420. The zero-order valence-electron chi connectivity index (χ0n) is 19.0. The van der Waals surface area contributed by atoms with E-state index in [0.717, 1.165) is 11.1 Å². The van der Waals surface area contributed by atoms with Crippen LogP contribution in [-0.4, -0.2) is 25.8 Å². The largest absolute Gasteiger partial charge is 1.00 e. The van der Waals surface area contributed by atoms with E-state index in [1.807, 2.05) is 18.2 Å². The summed E-state index contributed by atoms with van der Waals surface area (Å²) in [6.07, 6.45) is 0. The molecule has 1 unspecified atom stereocenters. The van der Waals surface area contributed by atoms with E-state index in [4.69, 9.17) is 25.8 Å². The Hall–Kier alpha value is -1.17. The minimum Gasteiger partial charge on any atom is -1.00 e. The monoisotopic (exact) mass is 430 g/mol. The Morgan fingerprint density at radius 2 is 1.69 bits per heavy atom. The van der Waals surface area contributed by atoms with Gasteiger partial charge in [-0.2, -0.15) is 0 Å². The summed E-state index contributed by atoms with van der Waals surface area (Å²) >= 11 is 6.26. The summed E-state index contributed by atoms with van der Waals surface area (Å²) < 4.78 is 17.1. The molecule has 0 aromatic heterocycles. The molecule has 2 rings (SSSR count). The molecule has 7 heteroatoms. The normalized spacial score (nSPS) is 11.0. The standard InChI is InChI=1S/C22H28ClO4P.Li.H/c1-14(2)12-26-16-9-10-20(19(11-16)27-13-15(3)4)28-22(24)21-17(23)7-6-8-18(21)25-5;;/h6-11,14-15,28H,12-13H2,1-5H3;;/q;+1;-1. The second-order valence-corrected chi connectivity index (χ2v) is 8.99. The van der Waals surface area contributed by atoms with Crippen LogP contribution in [0.25, 0.3) is 0 Å². The maximum Gasteiger partial charge on any atom is 1.00 e. The van der Waals surface area contributed by atoms with E-state index in [9.17, 15) is 4.79 Å². The second-order valence-electron chi connectivity index (χ2n) is 7.34. The van der Waals surface area contributed by atoms with Crippen LogP contribution in [0.5, 0.6) is 17.2 Å². The number of hydrogen-bond acceptors (Lipinski definition) is 4. The molecule has 29 heavy (non-hydrogen) atoms. The molecule has 1 atom stereocenters. The molecule has 0 aliphatic carbocycles. The maximum absolute atomic E-state index is 13.0. The molecular formula is C22H29ClLiO4P. The predicted molar refractivity (Wildman–Crippen MR) is 119 cm³/mol. The summed E-state index contributed by atoms with van der Waals surface area (Å²) in [4.78, 5) is 13.0. The minimum absolute atomic E-state index is 0. The number of ether oxygens (including phenoxy) is 3. The Morgan fingerprint density at radius 1 is 1.03 bits per heavy atom. The number of rotatable bonds is 10. The summed E-state index contributed by atoms with van der Waals surface area (Å²) in [7, 11) is 1.39. The quantitative estimate of drug-likeness (QED) is 0.429. The van der Waals surface area contributed by atoms with Gasteiger partial charge in [-0.25, -0.2) is 0 Å². The summed E-state index contributed by atoms with van der Waals surface area (Å²) in [6, 6.07) is 10.8. The van der Waals surface area contributed by atoms with Crippen LogP contribution in [0, 0.1) is 11.8 Å². The second kappa shape index (κ2) is 12.5. The fraction of sp³-hybridized carbons (Fsp3) is 0.409. The molecule has 0 saturated heterocycles. The molecule has 0 saturated carbocycles. The Labute approximate surface area is 194 Å². The zero-order chi connectivity index (χ0) is 20.7. The first-order valence-corrected chi connectivity index (χ1v) is 10.7.